The van der Waals surface area contributed by atoms with Gasteiger partial charge in [-0.3, -0.25) is 0 Å². The van der Waals surface area contributed by atoms with Crippen molar-refractivity contribution in [1.82, 2.24) is 0 Å². The molecule has 2 rings (SSSR count). The molecule has 2 aromatic heterocycles. The molecule has 0 spiro atoms. The lowest BCUT2D eigenvalue weighted by Crippen LogP contribution is -1.77. The summed E-state index contributed by atoms with van der Waals surface area (Å²) >= 11 is 3.44. The summed E-state index contributed by atoms with van der Waals surface area (Å²) in [5.74, 6) is 6.04. The Balaban J connectivity index is 2.28. The fraction of sp³-hybridized carbons (Fsp3) is 0.167. The van der Waals surface area contributed by atoms with Crippen molar-refractivity contribution in [3.63, 3.8) is 0 Å². The van der Waals surface area contributed by atoms with Gasteiger partial charge >= 0.3 is 0 Å². The van der Waals surface area contributed by atoms with Crippen LogP contribution in [0.1, 0.15) is 12.0 Å². The van der Waals surface area contributed by atoms with E-state index in [1.54, 1.807) is 22.7 Å². The molecule has 2 aromatic rings. The first kappa shape index (κ1) is 10.4. The lowest BCUT2D eigenvalue weighted by Gasteiger charge is -1.92. The number of aliphatic hydroxyl groups excluding tert-OH is 1. The third-order valence-electron chi connectivity index (χ3n) is 1.87. The van der Waals surface area contributed by atoms with Gasteiger partial charge in [0.2, 0.25) is 0 Å². The van der Waals surface area contributed by atoms with E-state index in [1.807, 2.05) is 12.1 Å². The summed E-state index contributed by atoms with van der Waals surface area (Å²) in [5.41, 5.74) is 1.07. The molecule has 1 nitrogen and oxygen atoms in total. The monoisotopic (exact) mass is 234 g/mol. The first-order valence-corrected chi connectivity index (χ1v) is 6.39. The van der Waals surface area contributed by atoms with E-state index < -0.39 is 0 Å². The van der Waals surface area contributed by atoms with E-state index in [2.05, 4.69) is 28.7 Å². The molecule has 2 heterocycles. The van der Waals surface area contributed by atoms with Gasteiger partial charge in [-0.15, -0.1) is 22.7 Å². The van der Waals surface area contributed by atoms with Crippen LogP contribution in [0, 0.1) is 11.8 Å². The minimum absolute atomic E-state index is 0.130. The van der Waals surface area contributed by atoms with Crippen molar-refractivity contribution < 1.29 is 5.11 Å². The summed E-state index contributed by atoms with van der Waals surface area (Å²) in [7, 11) is 0. The van der Waals surface area contributed by atoms with Crippen molar-refractivity contribution in [2.75, 3.05) is 6.61 Å². The molecule has 0 amide bonds. The minimum Gasteiger partial charge on any atom is -0.395 e. The van der Waals surface area contributed by atoms with Gasteiger partial charge in [-0.05, 0) is 22.9 Å². The van der Waals surface area contributed by atoms with Crippen molar-refractivity contribution in [3.8, 4) is 21.6 Å². The zero-order chi connectivity index (χ0) is 10.5. The zero-order valence-electron chi connectivity index (χ0n) is 8.06. The van der Waals surface area contributed by atoms with Gasteiger partial charge in [0.1, 0.15) is 0 Å². The lowest BCUT2D eigenvalue weighted by atomic mass is 10.2. The highest BCUT2D eigenvalue weighted by molar-refractivity contribution is 7.20. The Morgan fingerprint density at radius 2 is 2.13 bits per heavy atom. The second-order valence-electron chi connectivity index (χ2n) is 2.92. The highest BCUT2D eigenvalue weighted by atomic mass is 32.1. The number of aliphatic hydroxyl groups is 1. The van der Waals surface area contributed by atoms with E-state index in [-0.39, 0.29) is 6.61 Å². The highest BCUT2D eigenvalue weighted by Crippen LogP contribution is 2.32. The zero-order valence-corrected chi connectivity index (χ0v) is 9.70. The van der Waals surface area contributed by atoms with E-state index in [4.69, 9.17) is 5.11 Å². The molecule has 0 aliphatic heterocycles. The summed E-state index contributed by atoms with van der Waals surface area (Å²) < 4.78 is 0. The van der Waals surface area contributed by atoms with Gasteiger partial charge in [0.15, 0.2) is 0 Å². The van der Waals surface area contributed by atoms with Crippen molar-refractivity contribution >= 4 is 22.7 Å². The molecule has 0 atom stereocenters. The van der Waals surface area contributed by atoms with Crippen LogP contribution < -0.4 is 0 Å². The van der Waals surface area contributed by atoms with Crippen molar-refractivity contribution in [3.05, 3.63) is 34.5 Å². The number of hydrogen-bond donors (Lipinski definition) is 1. The number of thiophene rings is 2. The SMILES string of the molecule is OCCC#Cc1ccsc1-c1cccs1. The predicted octanol–water partition coefficient (Wildman–Crippen LogP) is 3.21. The summed E-state index contributed by atoms with van der Waals surface area (Å²) in [6.45, 7) is 0.130. The molecule has 0 saturated carbocycles. The van der Waals surface area contributed by atoms with Crippen LogP contribution >= 0.6 is 22.7 Å². The van der Waals surface area contributed by atoms with Crippen LogP contribution in [0.25, 0.3) is 9.75 Å². The average molecular weight is 234 g/mol. The smallest absolute Gasteiger partial charge is 0.0599 e. The Labute approximate surface area is 97.0 Å². The lowest BCUT2D eigenvalue weighted by molar-refractivity contribution is 0.305. The summed E-state index contributed by atoms with van der Waals surface area (Å²) in [4.78, 5) is 2.49. The Morgan fingerprint density at radius 1 is 1.20 bits per heavy atom. The molecule has 76 valence electrons. The molecule has 0 bridgehead atoms. The Bertz CT molecular complexity index is 471. The maximum atomic E-state index is 8.65. The third-order valence-corrected chi connectivity index (χ3v) is 3.83. The summed E-state index contributed by atoms with van der Waals surface area (Å²) in [6.07, 6.45) is 0.541. The van der Waals surface area contributed by atoms with Crippen LogP contribution in [0.4, 0.5) is 0 Å². The largest absolute Gasteiger partial charge is 0.395 e. The third kappa shape index (κ3) is 2.48. The fourth-order valence-electron chi connectivity index (χ4n) is 1.22. The molecule has 0 aliphatic rings. The molecule has 0 fully saturated rings. The summed E-state index contributed by atoms with van der Waals surface area (Å²) in [5, 5.41) is 12.8. The van der Waals surface area contributed by atoms with Gasteiger partial charge in [-0.1, -0.05) is 17.9 Å². The highest BCUT2D eigenvalue weighted by Gasteiger charge is 2.04. The van der Waals surface area contributed by atoms with E-state index in [0.29, 0.717) is 6.42 Å². The van der Waals surface area contributed by atoms with E-state index in [1.165, 1.54) is 9.75 Å². The maximum Gasteiger partial charge on any atom is 0.0599 e. The molecule has 0 saturated heterocycles. The van der Waals surface area contributed by atoms with E-state index >= 15 is 0 Å². The second kappa shape index (κ2) is 5.13. The van der Waals surface area contributed by atoms with Crippen molar-refractivity contribution in [2.45, 2.75) is 6.42 Å². The van der Waals surface area contributed by atoms with Crippen LogP contribution in [-0.2, 0) is 0 Å². The molecule has 1 N–H and O–H groups in total. The Kier molecular flexibility index (Phi) is 3.57. The predicted molar refractivity (Wildman–Crippen MR) is 66.2 cm³/mol. The molecular formula is C12H10OS2. The first-order valence-electron chi connectivity index (χ1n) is 4.63. The van der Waals surface area contributed by atoms with Crippen LogP contribution in [0.15, 0.2) is 29.0 Å². The minimum atomic E-state index is 0.130. The van der Waals surface area contributed by atoms with Crippen LogP contribution in [-0.4, -0.2) is 11.7 Å². The molecule has 0 radical (unpaired) electrons. The van der Waals surface area contributed by atoms with Crippen LogP contribution in [0.2, 0.25) is 0 Å². The van der Waals surface area contributed by atoms with Gasteiger partial charge in [0, 0.05) is 16.9 Å². The van der Waals surface area contributed by atoms with Crippen molar-refractivity contribution in [1.29, 1.82) is 0 Å². The quantitative estimate of drug-likeness (QED) is 0.791. The van der Waals surface area contributed by atoms with Crippen LogP contribution in [0.5, 0.6) is 0 Å². The van der Waals surface area contributed by atoms with Crippen molar-refractivity contribution in [2.24, 2.45) is 0 Å². The molecule has 15 heavy (non-hydrogen) atoms. The molecule has 3 heteroatoms. The van der Waals surface area contributed by atoms with Gasteiger partial charge < -0.3 is 5.11 Å². The van der Waals surface area contributed by atoms with E-state index in [9.17, 15) is 0 Å². The van der Waals surface area contributed by atoms with E-state index in [0.717, 1.165) is 5.56 Å². The summed E-state index contributed by atoms with van der Waals surface area (Å²) in [6, 6.07) is 6.18. The maximum absolute atomic E-state index is 8.65. The van der Waals surface area contributed by atoms with Gasteiger partial charge in [-0.25, -0.2) is 0 Å². The fourth-order valence-corrected chi connectivity index (χ4v) is 2.96. The Morgan fingerprint density at radius 3 is 2.87 bits per heavy atom. The number of hydrogen-bond acceptors (Lipinski definition) is 3. The normalized spacial score (nSPS) is 9.67. The molecule has 0 unspecified atom stereocenters. The first-order chi connectivity index (χ1) is 7.42. The van der Waals surface area contributed by atoms with Gasteiger partial charge in [0.05, 0.1) is 11.5 Å². The molecule has 0 aliphatic carbocycles. The van der Waals surface area contributed by atoms with Gasteiger partial charge in [-0.2, -0.15) is 0 Å². The van der Waals surface area contributed by atoms with Gasteiger partial charge in [0.25, 0.3) is 0 Å². The molecule has 0 aromatic carbocycles. The Hall–Kier alpha value is -1.08. The second-order valence-corrected chi connectivity index (χ2v) is 4.78. The average Bonchev–Trinajstić information content (AvgIpc) is 2.87. The molecular weight excluding hydrogens is 224 g/mol. The van der Waals surface area contributed by atoms with Crippen LogP contribution in [0.3, 0.4) is 0 Å². The topological polar surface area (TPSA) is 20.2 Å². The standard InChI is InChI=1S/C12H10OS2/c13-7-2-1-4-10-6-9-15-12(10)11-5-3-8-14-11/h3,5-6,8-9,13H,2,7H2. The number of rotatable bonds is 2.